The number of hydrogen-bond acceptors (Lipinski definition) is 3. The van der Waals surface area contributed by atoms with Crippen LogP contribution in [0.3, 0.4) is 0 Å². The first kappa shape index (κ1) is 14.4. The van der Waals surface area contributed by atoms with Crippen molar-refractivity contribution in [3.63, 3.8) is 0 Å². The zero-order chi connectivity index (χ0) is 13.1. The molecule has 0 aliphatic carbocycles. The van der Waals surface area contributed by atoms with E-state index in [0.717, 1.165) is 12.8 Å². The van der Waals surface area contributed by atoms with Crippen molar-refractivity contribution in [3.05, 3.63) is 0 Å². The summed E-state index contributed by atoms with van der Waals surface area (Å²) in [7, 11) is -3.43. The number of carbonyl (C=O) groups is 1. The van der Waals surface area contributed by atoms with E-state index in [0.29, 0.717) is 19.4 Å². The molecule has 6 heteroatoms. The molecule has 1 aliphatic heterocycles. The molecule has 0 spiro atoms. The van der Waals surface area contributed by atoms with E-state index >= 15 is 0 Å². The van der Waals surface area contributed by atoms with Crippen molar-refractivity contribution >= 4 is 16.0 Å². The fourth-order valence-electron chi connectivity index (χ4n) is 2.24. The van der Waals surface area contributed by atoms with Crippen LogP contribution in [0.4, 0.5) is 0 Å². The zero-order valence-corrected chi connectivity index (χ0v) is 11.2. The lowest BCUT2D eigenvalue weighted by Crippen LogP contribution is -2.42. The Morgan fingerprint density at radius 1 is 1.41 bits per heavy atom. The molecule has 1 N–H and O–H groups in total. The van der Waals surface area contributed by atoms with Crippen LogP contribution in [0.1, 0.15) is 39.5 Å². The van der Waals surface area contributed by atoms with Gasteiger partial charge in [0.15, 0.2) is 0 Å². The van der Waals surface area contributed by atoms with Crippen LogP contribution < -0.4 is 0 Å². The molecule has 1 rings (SSSR count). The van der Waals surface area contributed by atoms with Crippen LogP contribution >= 0.6 is 0 Å². The summed E-state index contributed by atoms with van der Waals surface area (Å²) in [5, 5.41) is 8.99. The first-order chi connectivity index (χ1) is 7.92. The van der Waals surface area contributed by atoms with Gasteiger partial charge in [-0.3, -0.25) is 4.79 Å². The normalized spacial score (nSPS) is 22.2. The SMILES string of the molecule is CCC(CC)CS(=O)(=O)N1CCC[C@H]1C(=O)O. The number of carboxylic acids is 1. The molecule has 17 heavy (non-hydrogen) atoms. The van der Waals surface area contributed by atoms with E-state index in [4.69, 9.17) is 5.11 Å². The average Bonchev–Trinajstić information content (AvgIpc) is 2.75. The molecule has 0 saturated carbocycles. The Morgan fingerprint density at radius 3 is 2.47 bits per heavy atom. The summed E-state index contributed by atoms with van der Waals surface area (Å²) >= 11 is 0. The summed E-state index contributed by atoms with van der Waals surface area (Å²) in [5.74, 6) is -0.838. The topological polar surface area (TPSA) is 74.7 Å². The minimum absolute atomic E-state index is 0.0732. The van der Waals surface area contributed by atoms with Crippen LogP contribution in [0.5, 0.6) is 0 Å². The smallest absolute Gasteiger partial charge is 0.322 e. The molecule has 0 unspecified atom stereocenters. The minimum atomic E-state index is -3.43. The second kappa shape index (κ2) is 5.82. The van der Waals surface area contributed by atoms with E-state index in [1.807, 2.05) is 13.8 Å². The Labute approximate surface area is 103 Å². The van der Waals surface area contributed by atoms with Gasteiger partial charge in [0.05, 0.1) is 5.75 Å². The molecule has 0 aromatic heterocycles. The van der Waals surface area contributed by atoms with Gasteiger partial charge in [-0.05, 0) is 18.8 Å². The third kappa shape index (κ3) is 3.42. The van der Waals surface area contributed by atoms with Crippen LogP contribution in [0, 0.1) is 5.92 Å². The van der Waals surface area contributed by atoms with Gasteiger partial charge in [0.1, 0.15) is 6.04 Å². The van der Waals surface area contributed by atoms with Crippen molar-refractivity contribution in [2.45, 2.75) is 45.6 Å². The molecule has 5 nitrogen and oxygen atoms in total. The summed E-state index contributed by atoms with van der Waals surface area (Å²) in [6.07, 6.45) is 2.68. The molecule has 0 amide bonds. The lowest BCUT2D eigenvalue weighted by atomic mass is 10.1. The molecule has 0 bridgehead atoms. The molecule has 100 valence electrons. The number of carboxylic acid groups (broad SMARTS) is 1. The third-order valence-corrected chi connectivity index (χ3v) is 5.49. The second-order valence-electron chi connectivity index (χ2n) is 4.57. The Balaban J connectivity index is 2.79. The van der Waals surface area contributed by atoms with Gasteiger partial charge in [0.2, 0.25) is 10.0 Å². The van der Waals surface area contributed by atoms with Gasteiger partial charge in [-0.25, -0.2) is 8.42 Å². The maximum Gasteiger partial charge on any atom is 0.322 e. The van der Waals surface area contributed by atoms with E-state index in [-0.39, 0.29) is 11.7 Å². The highest BCUT2D eigenvalue weighted by Crippen LogP contribution is 2.24. The van der Waals surface area contributed by atoms with E-state index < -0.39 is 22.0 Å². The van der Waals surface area contributed by atoms with Gasteiger partial charge in [-0.15, -0.1) is 0 Å². The van der Waals surface area contributed by atoms with Gasteiger partial charge in [0, 0.05) is 6.54 Å². The highest BCUT2D eigenvalue weighted by Gasteiger charge is 2.38. The Morgan fingerprint density at radius 2 is 2.00 bits per heavy atom. The Kier molecular flexibility index (Phi) is 4.94. The zero-order valence-electron chi connectivity index (χ0n) is 10.4. The lowest BCUT2D eigenvalue weighted by molar-refractivity contribution is -0.140. The third-order valence-electron chi connectivity index (χ3n) is 3.45. The number of rotatable bonds is 6. The van der Waals surface area contributed by atoms with Gasteiger partial charge >= 0.3 is 5.97 Å². The molecule has 1 aliphatic rings. The van der Waals surface area contributed by atoms with Crippen LogP contribution in [-0.4, -0.2) is 42.1 Å². The number of sulfonamides is 1. The molecule has 0 radical (unpaired) electrons. The quantitative estimate of drug-likeness (QED) is 0.784. The lowest BCUT2D eigenvalue weighted by Gasteiger charge is -2.23. The molecule has 1 saturated heterocycles. The van der Waals surface area contributed by atoms with Gasteiger partial charge in [-0.2, -0.15) is 4.31 Å². The average molecular weight is 263 g/mol. The standard InChI is InChI=1S/C11H21NO4S/c1-3-9(4-2)8-17(15,16)12-7-5-6-10(12)11(13)14/h9-10H,3-8H2,1-2H3,(H,13,14)/t10-/m0/s1. The molecular formula is C11H21NO4S. The van der Waals surface area contributed by atoms with E-state index in [2.05, 4.69) is 0 Å². The first-order valence-electron chi connectivity index (χ1n) is 6.14. The maximum absolute atomic E-state index is 12.1. The van der Waals surface area contributed by atoms with E-state index in [1.54, 1.807) is 0 Å². The van der Waals surface area contributed by atoms with Crippen LogP contribution in [0.25, 0.3) is 0 Å². The predicted octanol–water partition coefficient (Wildman–Crippen LogP) is 1.30. The van der Waals surface area contributed by atoms with Crippen LogP contribution in [0.2, 0.25) is 0 Å². The molecule has 1 fully saturated rings. The fraction of sp³-hybridized carbons (Fsp3) is 0.909. The van der Waals surface area contributed by atoms with Crippen LogP contribution in [0.15, 0.2) is 0 Å². The second-order valence-corrected chi connectivity index (χ2v) is 6.53. The van der Waals surface area contributed by atoms with Gasteiger partial charge in [0.25, 0.3) is 0 Å². The van der Waals surface area contributed by atoms with Crippen molar-refractivity contribution in [2.24, 2.45) is 5.92 Å². The summed E-state index contributed by atoms with van der Waals surface area (Å²) in [5.41, 5.74) is 0. The highest BCUT2D eigenvalue weighted by molar-refractivity contribution is 7.89. The Hall–Kier alpha value is -0.620. The fourth-order valence-corrected chi connectivity index (χ4v) is 4.49. The molecule has 1 atom stereocenters. The van der Waals surface area contributed by atoms with Crippen molar-refractivity contribution in [3.8, 4) is 0 Å². The van der Waals surface area contributed by atoms with Gasteiger partial charge in [-0.1, -0.05) is 26.7 Å². The summed E-state index contributed by atoms with van der Waals surface area (Å²) in [6.45, 7) is 4.27. The van der Waals surface area contributed by atoms with Gasteiger partial charge < -0.3 is 5.11 Å². The summed E-state index contributed by atoms with van der Waals surface area (Å²) in [4.78, 5) is 11.0. The van der Waals surface area contributed by atoms with E-state index in [1.165, 1.54) is 4.31 Å². The number of hydrogen-bond donors (Lipinski definition) is 1. The summed E-state index contributed by atoms with van der Waals surface area (Å²) in [6, 6.07) is -0.852. The molecule has 0 aromatic rings. The minimum Gasteiger partial charge on any atom is -0.480 e. The maximum atomic E-state index is 12.1. The van der Waals surface area contributed by atoms with Crippen molar-refractivity contribution in [1.29, 1.82) is 0 Å². The van der Waals surface area contributed by atoms with E-state index in [9.17, 15) is 13.2 Å². The Bertz CT molecular complexity index is 362. The first-order valence-corrected chi connectivity index (χ1v) is 7.75. The van der Waals surface area contributed by atoms with Crippen molar-refractivity contribution < 1.29 is 18.3 Å². The number of nitrogens with zero attached hydrogens (tertiary/aromatic N) is 1. The molecule has 1 heterocycles. The van der Waals surface area contributed by atoms with Crippen molar-refractivity contribution in [1.82, 2.24) is 4.31 Å². The monoisotopic (exact) mass is 263 g/mol. The molecule has 0 aromatic carbocycles. The largest absolute Gasteiger partial charge is 0.480 e. The highest BCUT2D eigenvalue weighted by atomic mass is 32.2. The van der Waals surface area contributed by atoms with Crippen molar-refractivity contribution in [2.75, 3.05) is 12.3 Å². The summed E-state index contributed by atoms with van der Waals surface area (Å²) < 4.78 is 25.5. The molecular weight excluding hydrogens is 242 g/mol. The van der Waals surface area contributed by atoms with Crippen LogP contribution in [-0.2, 0) is 14.8 Å². The number of aliphatic carboxylic acids is 1. The predicted molar refractivity (Wildman–Crippen MR) is 65.2 cm³/mol.